The van der Waals surface area contributed by atoms with Crippen molar-refractivity contribution in [3.63, 3.8) is 0 Å². The molecule has 6 nitrogen and oxygen atoms in total. The molecule has 2 aliphatic heterocycles. The summed E-state index contributed by atoms with van der Waals surface area (Å²) in [5.41, 5.74) is 1.23. The number of sulfone groups is 1. The summed E-state index contributed by atoms with van der Waals surface area (Å²) in [6.07, 6.45) is 2.67. The molecule has 1 aromatic carbocycles. The van der Waals surface area contributed by atoms with Gasteiger partial charge in [0.1, 0.15) is 0 Å². The SMILES string of the molecule is O=C(c1cc(-c2cccs2)[nH]n1)N1C2CCC1CC(S(=O)(=O)c1ccccc1)C2. The lowest BCUT2D eigenvalue weighted by Crippen LogP contribution is -2.49. The van der Waals surface area contributed by atoms with E-state index in [2.05, 4.69) is 10.2 Å². The standard InChI is InChI=1S/C21H21N3O3S2/c25-21(19-13-18(22-23-19)20-7-4-10-28-20)24-14-8-9-15(24)12-17(11-14)29(26,27)16-5-2-1-3-6-16/h1-7,10,13-15,17H,8-9,11-12H2,(H,22,23). The maximum Gasteiger partial charge on any atom is 0.274 e. The highest BCUT2D eigenvalue weighted by Crippen LogP contribution is 2.40. The van der Waals surface area contributed by atoms with Crippen LogP contribution in [-0.2, 0) is 9.84 Å². The van der Waals surface area contributed by atoms with E-state index in [9.17, 15) is 13.2 Å². The molecule has 150 valence electrons. The van der Waals surface area contributed by atoms with Gasteiger partial charge in [0.25, 0.3) is 5.91 Å². The van der Waals surface area contributed by atoms with Gasteiger partial charge >= 0.3 is 0 Å². The van der Waals surface area contributed by atoms with Crippen molar-refractivity contribution >= 4 is 27.1 Å². The van der Waals surface area contributed by atoms with Gasteiger partial charge in [-0.05, 0) is 55.3 Å². The van der Waals surface area contributed by atoms with Crippen LogP contribution in [0.3, 0.4) is 0 Å². The van der Waals surface area contributed by atoms with Crippen molar-refractivity contribution in [3.05, 3.63) is 59.6 Å². The van der Waals surface area contributed by atoms with Crippen molar-refractivity contribution in [2.45, 2.75) is 47.9 Å². The van der Waals surface area contributed by atoms with E-state index in [4.69, 9.17) is 0 Å². The molecule has 1 N–H and O–H groups in total. The van der Waals surface area contributed by atoms with E-state index in [1.807, 2.05) is 28.5 Å². The second kappa shape index (κ2) is 7.11. The number of benzene rings is 1. The van der Waals surface area contributed by atoms with Crippen molar-refractivity contribution in [2.75, 3.05) is 0 Å². The van der Waals surface area contributed by atoms with Gasteiger partial charge in [0, 0.05) is 12.1 Å². The van der Waals surface area contributed by atoms with Crippen LogP contribution in [0.4, 0.5) is 0 Å². The number of hydrogen-bond acceptors (Lipinski definition) is 5. The fraction of sp³-hybridized carbons (Fsp3) is 0.333. The number of aromatic nitrogens is 2. The van der Waals surface area contributed by atoms with Crippen LogP contribution in [0.1, 0.15) is 36.2 Å². The number of amides is 1. The molecule has 29 heavy (non-hydrogen) atoms. The lowest BCUT2D eigenvalue weighted by Gasteiger charge is -2.38. The summed E-state index contributed by atoms with van der Waals surface area (Å²) in [7, 11) is -3.39. The molecule has 0 aliphatic carbocycles. The first kappa shape index (κ1) is 18.6. The summed E-state index contributed by atoms with van der Waals surface area (Å²) in [5.74, 6) is -0.105. The van der Waals surface area contributed by atoms with Crippen molar-refractivity contribution in [1.29, 1.82) is 0 Å². The van der Waals surface area contributed by atoms with Gasteiger partial charge in [0.05, 0.1) is 20.7 Å². The van der Waals surface area contributed by atoms with E-state index in [1.54, 1.807) is 41.7 Å². The van der Waals surface area contributed by atoms with Crippen molar-refractivity contribution in [1.82, 2.24) is 15.1 Å². The van der Waals surface area contributed by atoms with Crippen LogP contribution < -0.4 is 0 Å². The Hall–Kier alpha value is -2.45. The molecule has 1 amide bonds. The predicted octanol–water partition coefficient (Wildman–Crippen LogP) is 3.75. The number of carbonyl (C=O) groups excluding carboxylic acids is 1. The number of nitrogens with zero attached hydrogens (tertiary/aromatic N) is 2. The maximum absolute atomic E-state index is 13.2. The minimum absolute atomic E-state index is 0.0494. The maximum atomic E-state index is 13.2. The summed E-state index contributed by atoms with van der Waals surface area (Å²) in [6.45, 7) is 0. The highest BCUT2D eigenvalue weighted by molar-refractivity contribution is 7.92. The number of rotatable bonds is 4. The molecule has 8 heteroatoms. The predicted molar refractivity (Wildman–Crippen MR) is 112 cm³/mol. The topological polar surface area (TPSA) is 83.1 Å². The molecule has 2 aliphatic rings. The van der Waals surface area contributed by atoms with Crippen LogP contribution in [-0.4, -0.2) is 46.8 Å². The lowest BCUT2D eigenvalue weighted by molar-refractivity contribution is 0.0592. The molecule has 2 atom stereocenters. The third-order valence-corrected chi connectivity index (χ3v) is 9.11. The van der Waals surface area contributed by atoms with Crippen LogP contribution >= 0.6 is 11.3 Å². The zero-order chi connectivity index (χ0) is 20.0. The summed E-state index contributed by atoms with van der Waals surface area (Å²) < 4.78 is 26.1. The van der Waals surface area contributed by atoms with E-state index < -0.39 is 15.1 Å². The van der Waals surface area contributed by atoms with Gasteiger partial charge < -0.3 is 4.90 Å². The van der Waals surface area contributed by atoms with E-state index in [0.29, 0.717) is 23.4 Å². The Labute approximate surface area is 173 Å². The normalized spacial score (nSPS) is 24.0. The molecule has 0 saturated carbocycles. The number of aromatic amines is 1. The van der Waals surface area contributed by atoms with Gasteiger partial charge in [-0.25, -0.2) is 8.42 Å². The molecule has 2 bridgehead atoms. The van der Waals surface area contributed by atoms with Gasteiger partial charge in [-0.2, -0.15) is 5.10 Å². The first-order valence-corrected chi connectivity index (χ1v) is 12.2. The third-order valence-electron chi connectivity index (χ3n) is 6.02. The summed E-state index contributed by atoms with van der Waals surface area (Å²) >= 11 is 1.59. The second-order valence-electron chi connectivity index (χ2n) is 7.69. The Bertz CT molecular complexity index is 1110. The largest absolute Gasteiger partial charge is 0.331 e. The zero-order valence-corrected chi connectivity index (χ0v) is 17.3. The Morgan fingerprint density at radius 2 is 1.79 bits per heavy atom. The average Bonchev–Trinajstić information content (AvgIpc) is 3.47. The fourth-order valence-electron chi connectivity index (χ4n) is 4.64. The van der Waals surface area contributed by atoms with E-state index >= 15 is 0 Å². The number of piperidine rings is 1. The van der Waals surface area contributed by atoms with E-state index in [1.165, 1.54) is 0 Å². The lowest BCUT2D eigenvalue weighted by atomic mass is 10.0. The number of hydrogen-bond donors (Lipinski definition) is 1. The number of H-pyrrole nitrogens is 1. The van der Waals surface area contributed by atoms with Crippen LogP contribution in [0, 0.1) is 0 Å². The molecule has 4 heterocycles. The molecule has 0 spiro atoms. The summed E-state index contributed by atoms with van der Waals surface area (Å²) in [5, 5.41) is 8.73. The monoisotopic (exact) mass is 427 g/mol. The number of carbonyl (C=O) groups is 1. The molecule has 2 fully saturated rings. The number of nitrogens with one attached hydrogen (secondary N) is 1. The molecule has 0 radical (unpaired) electrons. The van der Waals surface area contributed by atoms with Crippen LogP contribution in [0.5, 0.6) is 0 Å². The molecule has 2 saturated heterocycles. The van der Waals surface area contributed by atoms with Crippen LogP contribution in [0.25, 0.3) is 10.6 Å². The molecule has 2 aromatic heterocycles. The average molecular weight is 428 g/mol. The van der Waals surface area contributed by atoms with E-state index in [0.717, 1.165) is 23.4 Å². The molecular formula is C21H21N3O3S2. The first-order chi connectivity index (χ1) is 14.0. The summed E-state index contributed by atoms with van der Waals surface area (Å²) in [4.78, 5) is 16.5. The highest BCUT2D eigenvalue weighted by Gasteiger charge is 2.47. The number of thiophene rings is 1. The Balaban J connectivity index is 1.36. The number of fused-ring (bicyclic) bond motifs is 2. The first-order valence-electron chi connectivity index (χ1n) is 9.75. The van der Waals surface area contributed by atoms with Crippen molar-refractivity contribution in [3.8, 4) is 10.6 Å². The quantitative estimate of drug-likeness (QED) is 0.687. The zero-order valence-electron chi connectivity index (χ0n) is 15.7. The van der Waals surface area contributed by atoms with Gasteiger partial charge in [-0.15, -0.1) is 11.3 Å². The minimum Gasteiger partial charge on any atom is -0.331 e. The molecule has 2 unspecified atom stereocenters. The highest BCUT2D eigenvalue weighted by atomic mass is 32.2. The van der Waals surface area contributed by atoms with E-state index in [-0.39, 0.29) is 18.0 Å². The van der Waals surface area contributed by atoms with Crippen molar-refractivity contribution < 1.29 is 13.2 Å². The molecular weight excluding hydrogens is 406 g/mol. The van der Waals surface area contributed by atoms with Crippen LogP contribution in [0.2, 0.25) is 0 Å². The third kappa shape index (κ3) is 3.20. The van der Waals surface area contributed by atoms with Crippen molar-refractivity contribution in [2.24, 2.45) is 0 Å². The van der Waals surface area contributed by atoms with Gasteiger partial charge in [-0.1, -0.05) is 24.3 Å². The smallest absolute Gasteiger partial charge is 0.274 e. The Morgan fingerprint density at radius 3 is 2.45 bits per heavy atom. The second-order valence-corrected chi connectivity index (χ2v) is 10.9. The minimum atomic E-state index is -3.39. The molecule has 5 rings (SSSR count). The van der Waals surface area contributed by atoms with Gasteiger partial charge in [-0.3, -0.25) is 9.89 Å². The van der Waals surface area contributed by atoms with Gasteiger partial charge in [0.2, 0.25) is 0 Å². The van der Waals surface area contributed by atoms with Gasteiger partial charge in [0.15, 0.2) is 15.5 Å². The summed E-state index contributed by atoms with van der Waals surface area (Å²) in [6, 6.07) is 14.3. The Kier molecular flexibility index (Phi) is 4.55. The fourth-order valence-corrected chi connectivity index (χ4v) is 7.20. The molecule has 3 aromatic rings. The van der Waals surface area contributed by atoms with Crippen LogP contribution in [0.15, 0.2) is 58.8 Å². The Morgan fingerprint density at radius 1 is 1.07 bits per heavy atom.